The largest absolute Gasteiger partial charge is 0.480 e. The zero-order chi connectivity index (χ0) is 11.8. The van der Waals surface area contributed by atoms with Crippen LogP contribution in [0.15, 0.2) is 0 Å². The summed E-state index contributed by atoms with van der Waals surface area (Å²) < 4.78 is 5.33. The lowest BCUT2D eigenvalue weighted by Crippen LogP contribution is -2.54. The molecule has 1 aliphatic carbocycles. The predicted octanol–water partition coefficient (Wildman–Crippen LogP) is 0.535. The summed E-state index contributed by atoms with van der Waals surface area (Å²) in [4.78, 5) is 23.1. The van der Waals surface area contributed by atoms with Crippen LogP contribution in [0.3, 0.4) is 0 Å². The van der Waals surface area contributed by atoms with Gasteiger partial charge in [0.25, 0.3) is 0 Å². The van der Waals surface area contributed by atoms with E-state index in [-0.39, 0.29) is 18.1 Å². The molecule has 2 atom stereocenters. The molecule has 90 valence electrons. The maximum atomic E-state index is 11.9. The van der Waals surface area contributed by atoms with Crippen LogP contribution in [0.2, 0.25) is 0 Å². The van der Waals surface area contributed by atoms with Gasteiger partial charge in [0.1, 0.15) is 5.41 Å². The van der Waals surface area contributed by atoms with Crippen molar-refractivity contribution in [2.45, 2.75) is 44.8 Å². The van der Waals surface area contributed by atoms with Gasteiger partial charge in [-0.2, -0.15) is 0 Å². The Bertz CT molecular complexity index is 311. The van der Waals surface area contributed by atoms with Crippen molar-refractivity contribution in [2.75, 3.05) is 6.61 Å². The monoisotopic (exact) mass is 227 g/mol. The zero-order valence-electron chi connectivity index (χ0n) is 9.36. The van der Waals surface area contributed by atoms with Crippen molar-refractivity contribution >= 4 is 11.9 Å². The van der Waals surface area contributed by atoms with E-state index in [1.165, 1.54) is 0 Å². The van der Waals surface area contributed by atoms with E-state index in [0.29, 0.717) is 19.4 Å². The van der Waals surface area contributed by atoms with E-state index in [1.54, 1.807) is 0 Å². The van der Waals surface area contributed by atoms with Crippen molar-refractivity contribution in [1.29, 1.82) is 0 Å². The van der Waals surface area contributed by atoms with Crippen LogP contribution in [0.1, 0.15) is 32.6 Å². The van der Waals surface area contributed by atoms with Crippen LogP contribution >= 0.6 is 0 Å². The summed E-state index contributed by atoms with van der Waals surface area (Å²) in [6.45, 7) is 2.53. The standard InChI is InChI=1S/C11H17NO4/c1-7-8(3-6-16-7)12-9(13)11(10(14)15)4-2-5-11/h7-8H,2-6H2,1H3,(H,12,13)(H,14,15). The first kappa shape index (κ1) is 11.4. The van der Waals surface area contributed by atoms with Gasteiger partial charge < -0.3 is 15.2 Å². The molecule has 16 heavy (non-hydrogen) atoms. The second-order valence-electron chi connectivity index (χ2n) is 4.69. The van der Waals surface area contributed by atoms with Gasteiger partial charge in [0.05, 0.1) is 12.1 Å². The van der Waals surface area contributed by atoms with Gasteiger partial charge in [0, 0.05) is 6.61 Å². The van der Waals surface area contributed by atoms with Gasteiger partial charge in [0.15, 0.2) is 0 Å². The average molecular weight is 227 g/mol. The fourth-order valence-electron chi connectivity index (χ4n) is 2.30. The Morgan fingerprint density at radius 2 is 2.12 bits per heavy atom. The van der Waals surface area contributed by atoms with Gasteiger partial charge in [-0.25, -0.2) is 0 Å². The normalized spacial score (nSPS) is 31.8. The third-order valence-electron chi connectivity index (χ3n) is 3.74. The zero-order valence-corrected chi connectivity index (χ0v) is 9.36. The third-order valence-corrected chi connectivity index (χ3v) is 3.74. The number of rotatable bonds is 3. The number of hydrogen-bond donors (Lipinski definition) is 2. The smallest absolute Gasteiger partial charge is 0.319 e. The van der Waals surface area contributed by atoms with Crippen molar-refractivity contribution in [2.24, 2.45) is 5.41 Å². The highest BCUT2D eigenvalue weighted by atomic mass is 16.5. The summed E-state index contributed by atoms with van der Waals surface area (Å²) in [5, 5.41) is 11.9. The Morgan fingerprint density at radius 1 is 1.44 bits per heavy atom. The Hall–Kier alpha value is -1.10. The Morgan fingerprint density at radius 3 is 2.50 bits per heavy atom. The molecule has 5 nitrogen and oxygen atoms in total. The fourth-order valence-corrected chi connectivity index (χ4v) is 2.30. The molecule has 2 aliphatic rings. The maximum Gasteiger partial charge on any atom is 0.319 e. The van der Waals surface area contributed by atoms with E-state index in [0.717, 1.165) is 12.8 Å². The van der Waals surface area contributed by atoms with Gasteiger partial charge in [0.2, 0.25) is 5.91 Å². The molecule has 1 saturated heterocycles. The van der Waals surface area contributed by atoms with Gasteiger partial charge in [-0.3, -0.25) is 9.59 Å². The van der Waals surface area contributed by atoms with E-state index < -0.39 is 11.4 Å². The van der Waals surface area contributed by atoms with Crippen LogP contribution in [0.4, 0.5) is 0 Å². The molecule has 2 unspecified atom stereocenters. The molecule has 1 heterocycles. The molecule has 0 aromatic heterocycles. The third kappa shape index (κ3) is 1.69. The van der Waals surface area contributed by atoms with Crippen LogP contribution in [-0.2, 0) is 14.3 Å². The van der Waals surface area contributed by atoms with E-state index in [4.69, 9.17) is 9.84 Å². The summed E-state index contributed by atoms with van der Waals surface area (Å²) in [7, 11) is 0. The highest BCUT2D eigenvalue weighted by molar-refractivity contribution is 6.02. The maximum absolute atomic E-state index is 11.9. The second kappa shape index (κ2) is 4.05. The minimum Gasteiger partial charge on any atom is -0.480 e. The summed E-state index contributed by atoms with van der Waals surface area (Å²) in [5.41, 5.74) is -1.16. The lowest BCUT2D eigenvalue weighted by molar-refractivity contribution is -0.162. The van der Waals surface area contributed by atoms with Crippen LogP contribution < -0.4 is 5.32 Å². The number of aliphatic carboxylic acids is 1. The predicted molar refractivity (Wildman–Crippen MR) is 55.9 cm³/mol. The van der Waals surface area contributed by atoms with Gasteiger partial charge in [-0.05, 0) is 26.2 Å². The lowest BCUT2D eigenvalue weighted by atomic mass is 9.68. The van der Waals surface area contributed by atoms with Crippen molar-refractivity contribution in [3.8, 4) is 0 Å². The molecule has 0 aromatic carbocycles. The molecular weight excluding hydrogens is 210 g/mol. The minimum atomic E-state index is -1.16. The van der Waals surface area contributed by atoms with E-state index in [9.17, 15) is 9.59 Å². The molecular formula is C11H17NO4. The molecule has 1 amide bonds. The molecule has 1 aliphatic heterocycles. The Kier molecular flexibility index (Phi) is 2.88. The number of nitrogens with one attached hydrogen (secondary N) is 1. The van der Waals surface area contributed by atoms with Crippen LogP contribution in [-0.4, -0.2) is 35.7 Å². The molecule has 0 aromatic rings. The minimum absolute atomic E-state index is 0.0186. The average Bonchev–Trinajstić information content (AvgIpc) is 2.48. The summed E-state index contributed by atoms with van der Waals surface area (Å²) in [6, 6.07) is -0.0377. The molecule has 0 bridgehead atoms. The van der Waals surface area contributed by atoms with Gasteiger partial charge in [-0.1, -0.05) is 6.42 Å². The molecule has 2 fully saturated rings. The number of carboxylic acid groups (broad SMARTS) is 1. The first-order valence-corrected chi connectivity index (χ1v) is 5.72. The van der Waals surface area contributed by atoms with Crippen LogP contribution in [0.25, 0.3) is 0 Å². The topological polar surface area (TPSA) is 75.6 Å². The SMILES string of the molecule is CC1OCCC1NC(=O)C1(C(=O)O)CCC1. The molecule has 5 heteroatoms. The van der Waals surface area contributed by atoms with Crippen LogP contribution in [0, 0.1) is 5.41 Å². The molecule has 0 spiro atoms. The number of carbonyl (C=O) groups is 2. The molecule has 1 saturated carbocycles. The molecule has 2 rings (SSSR count). The van der Waals surface area contributed by atoms with Crippen LogP contribution in [0.5, 0.6) is 0 Å². The Labute approximate surface area is 94.2 Å². The van der Waals surface area contributed by atoms with E-state index >= 15 is 0 Å². The molecule has 0 radical (unpaired) electrons. The second-order valence-corrected chi connectivity index (χ2v) is 4.69. The lowest BCUT2D eigenvalue weighted by Gasteiger charge is -2.36. The highest BCUT2D eigenvalue weighted by Gasteiger charge is 2.51. The summed E-state index contributed by atoms with van der Waals surface area (Å²) >= 11 is 0. The number of ether oxygens (including phenoxy) is 1. The van der Waals surface area contributed by atoms with E-state index in [2.05, 4.69) is 5.32 Å². The van der Waals surface area contributed by atoms with Gasteiger partial charge >= 0.3 is 5.97 Å². The van der Waals surface area contributed by atoms with E-state index in [1.807, 2.05) is 6.92 Å². The number of carbonyl (C=O) groups excluding carboxylic acids is 1. The highest BCUT2D eigenvalue weighted by Crippen LogP contribution is 2.41. The first-order valence-electron chi connectivity index (χ1n) is 5.72. The number of amides is 1. The Balaban J connectivity index is 1.99. The number of carboxylic acids is 1. The van der Waals surface area contributed by atoms with Gasteiger partial charge in [-0.15, -0.1) is 0 Å². The van der Waals surface area contributed by atoms with Crippen molar-refractivity contribution < 1.29 is 19.4 Å². The molecule has 2 N–H and O–H groups in total. The summed E-state index contributed by atoms with van der Waals surface area (Å²) in [5.74, 6) is -1.34. The number of hydrogen-bond acceptors (Lipinski definition) is 3. The van der Waals surface area contributed by atoms with Crippen molar-refractivity contribution in [3.63, 3.8) is 0 Å². The first-order chi connectivity index (χ1) is 7.56. The quantitative estimate of drug-likeness (QED) is 0.690. The summed E-state index contributed by atoms with van der Waals surface area (Å²) in [6.07, 6.45) is 2.47. The van der Waals surface area contributed by atoms with Crippen molar-refractivity contribution in [3.05, 3.63) is 0 Å². The van der Waals surface area contributed by atoms with Crippen molar-refractivity contribution in [1.82, 2.24) is 5.32 Å². The fraction of sp³-hybridized carbons (Fsp3) is 0.818.